The lowest BCUT2D eigenvalue weighted by Gasteiger charge is -2.01. The molecule has 2 aromatic rings. The van der Waals surface area contributed by atoms with Crippen LogP contribution in [0.15, 0.2) is 22.6 Å². The Balaban J connectivity index is 2.26. The maximum atomic E-state index is 13.8. The number of nitro benzene ring substituents is 1. The third-order valence-electron chi connectivity index (χ3n) is 2.42. The van der Waals surface area contributed by atoms with Gasteiger partial charge in [-0.2, -0.15) is 5.10 Å². The summed E-state index contributed by atoms with van der Waals surface area (Å²) < 4.78 is 13.8. The number of hydrogen-bond donors (Lipinski definition) is 1. The van der Waals surface area contributed by atoms with E-state index in [1.54, 1.807) is 6.92 Å². The summed E-state index contributed by atoms with van der Waals surface area (Å²) in [6.45, 7) is 3.42. The number of hydrazone groups is 1. The van der Waals surface area contributed by atoms with Gasteiger partial charge in [0.25, 0.3) is 5.69 Å². The number of aryl methyl sites for hydroxylation is 2. The normalized spacial score (nSPS) is 10.9. The third-order valence-corrected chi connectivity index (χ3v) is 3.29. The molecule has 0 aliphatic heterocycles. The summed E-state index contributed by atoms with van der Waals surface area (Å²) in [4.78, 5) is 14.4. The molecule has 0 fully saturated rings. The summed E-state index contributed by atoms with van der Waals surface area (Å²) in [5.74, 6) is -0.683. The second kappa shape index (κ2) is 5.74. The zero-order valence-electron chi connectivity index (χ0n) is 10.8. The second-order valence-electron chi connectivity index (χ2n) is 4.10. The third kappa shape index (κ3) is 3.15. The van der Waals surface area contributed by atoms with E-state index in [4.69, 9.17) is 0 Å². The minimum atomic E-state index is -0.683. The van der Waals surface area contributed by atoms with Crippen LogP contribution < -0.4 is 5.43 Å². The Kier molecular flexibility index (Phi) is 4.04. The van der Waals surface area contributed by atoms with E-state index in [0.29, 0.717) is 10.7 Å². The summed E-state index contributed by atoms with van der Waals surface area (Å²) >= 11 is 1.34. The van der Waals surface area contributed by atoms with Crippen LogP contribution in [0, 0.1) is 29.8 Å². The Morgan fingerprint density at radius 1 is 1.50 bits per heavy atom. The van der Waals surface area contributed by atoms with Crippen molar-refractivity contribution in [2.45, 2.75) is 13.8 Å². The number of nitrogens with zero attached hydrogens (tertiary/aromatic N) is 3. The van der Waals surface area contributed by atoms with Crippen molar-refractivity contribution in [3.8, 4) is 0 Å². The average molecular weight is 294 g/mol. The fourth-order valence-electron chi connectivity index (χ4n) is 1.57. The SMILES string of the molecule is Cc1cc(F)c(C=NNc2nc(C)cs2)c([N+](=O)[O-])c1. The van der Waals surface area contributed by atoms with Gasteiger partial charge in [0.1, 0.15) is 11.4 Å². The molecule has 104 valence electrons. The van der Waals surface area contributed by atoms with Gasteiger partial charge in [0.05, 0.1) is 16.8 Å². The highest BCUT2D eigenvalue weighted by molar-refractivity contribution is 7.13. The van der Waals surface area contributed by atoms with Gasteiger partial charge in [0.15, 0.2) is 0 Å². The molecule has 0 atom stereocenters. The predicted molar refractivity (Wildman–Crippen MR) is 75.9 cm³/mol. The van der Waals surface area contributed by atoms with Crippen LogP contribution in [0.4, 0.5) is 15.2 Å². The molecule has 0 amide bonds. The van der Waals surface area contributed by atoms with Crippen LogP contribution in [-0.2, 0) is 0 Å². The smallest absolute Gasteiger partial charge is 0.258 e. The summed E-state index contributed by atoms with van der Waals surface area (Å²) in [7, 11) is 0. The van der Waals surface area contributed by atoms with Crippen molar-refractivity contribution in [2.24, 2.45) is 5.10 Å². The zero-order valence-corrected chi connectivity index (χ0v) is 11.6. The fraction of sp³-hybridized carbons (Fsp3) is 0.167. The Morgan fingerprint density at radius 3 is 2.85 bits per heavy atom. The molecule has 6 nitrogen and oxygen atoms in total. The second-order valence-corrected chi connectivity index (χ2v) is 4.96. The van der Waals surface area contributed by atoms with Gasteiger partial charge in [-0.3, -0.25) is 15.5 Å². The van der Waals surface area contributed by atoms with Crippen LogP contribution in [0.2, 0.25) is 0 Å². The first kappa shape index (κ1) is 14.1. The Hall–Kier alpha value is -2.35. The summed E-state index contributed by atoms with van der Waals surface area (Å²) in [5, 5.41) is 17.1. The monoisotopic (exact) mass is 294 g/mol. The number of thiazole rings is 1. The number of rotatable bonds is 4. The summed E-state index contributed by atoms with van der Waals surface area (Å²) in [6.07, 6.45) is 1.09. The molecule has 8 heteroatoms. The van der Waals surface area contributed by atoms with Gasteiger partial charge in [-0.15, -0.1) is 11.3 Å². The van der Waals surface area contributed by atoms with Gasteiger partial charge in [-0.05, 0) is 25.5 Å². The lowest BCUT2D eigenvalue weighted by atomic mass is 10.1. The van der Waals surface area contributed by atoms with E-state index < -0.39 is 10.7 Å². The first-order valence-electron chi connectivity index (χ1n) is 5.63. The highest BCUT2D eigenvalue weighted by Gasteiger charge is 2.17. The van der Waals surface area contributed by atoms with Gasteiger partial charge < -0.3 is 0 Å². The quantitative estimate of drug-likeness (QED) is 0.533. The molecule has 0 aliphatic carbocycles. The molecule has 1 heterocycles. The van der Waals surface area contributed by atoms with Crippen LogP contribution in [0.1, 0.15) is 16.8 Å². The molecule has 1 aromatic heterocycles. The molecular weight excluding hydrogens is 283 g/mol. The van der Waals surface area contributed by atoms with Gasteiger partial charge in [0.2, 0.25) is 5.13 Å². The van der Waals surface area contributed by atoms with E-state index in [2.05, 4.69) is 15.5 Å². The molecule has 0 saturated carbocycles. The molecule has 1 aromatic carbocycles. The van der Waals surface area contributed by atoms with Gasteiger partial charge in [-0.25, -0.2) is 9.37 Å². The van der Waals surface area contributed by atoms with Gasteiger partial charge >= 0.3 is 0 Å². The summed E-state index contributed by atoms with van der Waals surface area (Å²) in [5.41, 5.74) is 3.44. The van der Waals surface area contributed by atoms with Crippen molar-refractivity contribution < 1.29 is 9.31 Å². The molecule has 0 radical (unpaired) electrons. The number of halogens is 1. The zero-order chi connectivity index (χ0) is 14.7. The molecule has 2 rings (SSSR count). The van der Waals surface area contributed by atoms with Crippen LogP contribution in [0.25, 0.3) is 0 Å². The van der Waals surface area contributed by atoms with Crippen LogP contribution in [0.3, 0.4) is 0 Å². The largest absolute Gasteiger partial charge is 0.281 e. The molecule has 1 N–H and O–H groups in total. The van der Waals surface area contributed by atoms with Gasteiger partial charge in [-0.1, -0.05) is 0 Å². The molecule has 0 saturated heterocycles. The van der Waals surface area contributed by atoms with E-state index >= 15 is 0 Å². The number of nitrogens with one attached hydrogen (secondary N) is 1. The van der Waals surface area contributed by atoms with Gasteiger partial charge in [0, 0.05) is 11.4 Å². The molecule has 0 aliphatic rings. The first-order chi connectivity index (χ1) is 9.47. The van der Waals surface area contributed by atoms with Crippen molar-refractivity contribution in [1.29, 1.82) is 0 Å². The summed E-state index contributed by atoms with van der Waals surface area (Å²) in [6, 6.07) is 2.53. The molecule has 0 unspecified atom stereocenters. The average Bonchev–Trinajstić information content (AvgIpc) is 2.77. The molecular formula is C12H11FN4O2S. The highest BCUT2D eigenvalue weighted by Crippen LogP contribution is 2.22. The maximum Gasteiger partial charge on any atom is 0.281 e. The molecule has 0 spiro atoms. The van der Waals surface area contributed by atoms with E-state index in [0.717, 1.165) is 11.9 Å². The van der Waals surface area contributed by atoms with Crippen molar-refractivity contribution in [3.63, 3.8) is 0 Å². The van der Waals surface area contributed by atoms with Crippen LogP contribution >= 0.6 is 11.3 Å². The highest BCUT2D eigenvalue weighted by atomic mass is 32.1. The minimum Gasteiger partial charge on any atom is -0.258 e. The molecule has 0 bridgehead atoms. The van der Waals surface area contributed by atoms with E-state index in [-0.39, 0.29) is 11.3 Å². The van der Waals surface area contributed by atoms with E-state index in [9.17, 15) is 14.5 Å². The van der Waals surface area contributed by atoms with E-state index in [1.165, 1.54) is 23.5 Å². The van der Waals surface area contributed by atoms with Crippen molar-refractivity contribution >= 4 is 28.4 Å². The molecule has 20 heavy (non-hydrogen) atoms. The maximum absolute atomic E-state index is 13.8. The number of anilines is 1. The number of nitro groups is 1. The van der Waals surface area contributed by atoms with Crippen LogP contribution in [-0.4, -0.2) is 16.1 Å². The number of benzene rings is 1. The van der Waals surface area contributed by atoms with Crippen LogP contribution in [0.5, 0.6) is 0 Å². The standard InChI is InChI=1S/C12H11FN4O2S/c1-7-3-10(13)9(11(4-7)17(18)19)5-14-16-12-15-8(2)6-20-12/h3-6H,1-2H3,(H,15,16). The lowest BCUT2D eigenvalue weighted by molar-refractivity contribution is -0.385. The Morgan fingerprint density at radius 2 is 2.25 bits per heavy atom. The van der Waals surface area contributed by atoms with Crippen molar-refractivity contribution in [2.75, 3.05) is 5.43 Å². The fourth-order valence-corrected chi connectivity index (χ4v) is 2.21. The van der Waals surface area contributed by atoms with Crippen molar-refractivity contribution in [3.05, 3.63) is 50.3 Å². The minimum absolute atomic E-state index is 0.165. The Labute approximate surface area is 118 Å². The van der Waals surface area contributed by atoms with Crippen molar-refractivity contribution in [1.82, 2.24) is 4.98 Å². The first-order valence-corrected chi connectivity index (χ1v) is 6.51. The number of hydrogen-bond acceptors (Lipinski definition) is 6. The predicted octanol–water partition coefficient (Wildman–Crippen LogP) is 3.25. The Bertz CT molecular complexity index is 684. The number of aromatic nitrogens is 1. The lowest BCUT2D eigenvalue weighted by Crippen LogP contribution is -2.00. The van der Waals surface area contributed by atoms with E-state index in [1.807, 2.05) is 12.3 Å². The topological polar surface area (TPSA) is 80.4 Å².